The first-order valence-electron chi connectivity index (χ1n) is 6.67. The molecular weight excluding hydrogens is 236 g/mol. The molecule has 0 radical (unpaired) electrons. The fourth-order valence-corrected chi connectivity index (χ4v) is 2.10. The van der Waals surface area contributed by atoms with Gasteiger partial charge in [0.15, 0.2) is 0 Å². The van der Waals surface area contributed by atoms with Crippen molar-refractivity contribution in [2.45, 2.75) is 39.5 Å². The summed E-state index contributed by atoms with van der Waals surface area (Å²) < 4.78 is 0. The zero-order valence-corrected chi connectivity index (χ0v) is 12.2. The van der Waals surface area contributed by atoms with Crippen molar-refractivity contribution in [2.24, 2.45) is 0 Å². The Kier molecular flexibility index (Phi) is 5.11. The van der Waals surface area contributed by atoms with Crippen molar-refractivity contribution >= 4 is 5.91 Å². The van der Waals surface area contributed by atoms with Crippen LogP contribution in [-0.4, -0.2) is 23.9 Å². The van der Waals surface area contributed by atoms with Crippen LogP contribution in [0.5, 0.6) is 0 Å². The van der Waals surface area contributed by atoms with Crippen LogP contribution in [0.1, 0.15) is 50.0 Å². The zero-order chi connectivity index (χ0) is 14.5. The molecule has 0 fully saturated rings. The van der Waals surface area contributed by atoms with Gasteiger partial charge in [-0.15, -0.1) is 0 Å². The minimum absolute atomic E-state index is 0.0473. The van der Waals surface area contributed by atoms with Crippen LogP contribution >= 0.6 is 0 Å². The van der Waals surface area contributed by atoms with Crippen molar-refractivity contribution in [1.82, 2.24) is 4.90 Å². The second kappa shape index (κ2) is 6.38. The molecule has 3 heteroatoms. The Labute approximate surface area is 115 Å². The summed E-state index contributed by atoms with van der Waals surface area (Å²) in [5, 5.41) is 8.84. The van der Waals surface area contributed by atoms with Crippen LogP contribution in [-0.2, 0) is 5.41 Å². The van der Waals surface area contributed by atoms with Crippen LogP contribution in [0.15, 0.2) is 24.3 Å². The molecule has 0 heterocycles. The lowest BCUT2D eigenvalue weighted by atomic mass is 9.83. The molecule has 102 valence electrons. The first kappa shape index (κ1) is 15.2. The average Bonchev–Trinajstić information content (AvgIpc) is 2.37. The van der Waals surface area contributed by atoms with E-state index in [2.05, 4.69) is 26.8 Å². The second-order valence-electron chi connectivity index (χ2n) is 5.68. The Bertz CT molecular complexity index is 480. The molecule has 1 amide bonds. The summed E-state index contributed by atoms with van der Waals surface area (Å²) in [5.74, 6) is -0.0473. The van der Waals surface area contributed by atoms with Gasteiger partial charge in [0.25, 0.3) is 5.91 Å². The maximum atomic E-state index is 12.6. The molecular formula is C16H22N2O. The Morgan fingerprint density at radius 3 is 2.47 bits per heavy atom. The predicted octanol–water partition coefficient (Wildman–Crippen LogP) is 3.36. The van der Waals surface area contributed by atoms with Crippen molar-refractivity contribution in [2.75, 3.05) is 13.1 Å². The molecule has 3 nitrogen and oxygen atoms in total. The molecule has 0 saturated carbocycles. The molecule has 1 aromatic rings. The SMILES string of the molecule is CCCN(CC#N)C(=O)c1ccccc1C(C)(C)C. The van der Waals surface area contributed by atoms with Gasteiger partial charge in [-0.3, -0.25) is 4.79 Å². The molecule has 0 N–H and O–H groups in total. The number of hydrogen-bond donors (Lipinski definition) is 0. The molecule has 0 aromatic heterocycles. The smallest absolute Gasteiger partial charge is 0.255 e. The van der Waals surface area contributed by atoms with Gasteiger partial charge in [0.2, 0.25) is 0 Å². The Hall–Kier alpha value is -1.82. The number of rotatable bonds is 4. The summed E-state index contributed by atoms with van der Waals surface area (Å²) in [6, 6.07) is 9.73. The monoisotopic (exact) mass is 258 g/mol. The van der Waals surface area contributed by atoms with Crippen LogP contribution in [0, 0.1) is 11.3 Å². The molecule has 0 aliphatic rings. The van der Waals surface area contributed by atoms with Gasteiger partial charge in [0.05, 0.1) is 6.07 Å². The molecule has 1 rings (SSSR count). The standard InChI is InChI=1S/C16H22N2O/c1-5-11-18(12-10-17)15(19)13-8-6-7-9-14(13)16(2,3)4/h6-9H,5,11-12H2,1-4H3. The van der Waals surface area contributed by atoms with E-state index in [0.29, 0.717) is 12.1 Å². The third kappa shape index (κ3) is 3.82. The van der Waals surface area contributed by atoms with Crippen LogP contribution in [0.4, 0.5) is 0 Å². The fraction of sp³-hybridized carbons (Fsp3) is 0.500. The summed E-state index contributed by atoms with van der Waals surface area (Å²) in [6.07, 6.45) is 0.852. The minimum Gasteiger partial charge on any atom is -0.325 e. The highest BCUT2D eigenvalue weighted by Crippen LogP contribution is 2.26. The van der Waals surface area contributed by atoms with E-state index in [-0.39, 0.29) is 17.9 Å². The van der Waals surface area contributed by atoms with E-state index in [0.717, 1.165) is 12.0 Å². The fourth-order valence-electron chi connectivity index (χ4n) is 2.10. The van der Waals surface area contributed by atoms with E-state index in [9.17, 15) is 4.79 Å². The first-order chi connectivity index (χ1) is 8.91. The second-order valence-corrected chi connectivity index (χ2v) is 5.68. The van der Waals surface area contributed by atoms with Crippen LogP contribution in [0.2, 0.25) is 0 Å². The van der Waals surface area contributed by atoms with E-state index in [1.54, 1.807) is 4.90 Å². The van der Waals surface area contributed by atoms with Crippen molar-refractivity contribution in [3.05, 3.63) is 35.4 Å². The van der Waals surface area contributed by atoms with Crippen molar-refractivity contribution in [3.8, 4) is 6.07 Å². The minimum atomic E-state index is -0.0865. The number of benzene rings is 1. The number of carbonyl (C=O) groups excluding carboxylic acids is 1. The maximum Gasteiger partial charge on any atom is 0.255 e. The third-order valence-corrected chi connectivity index (χ3v) is 3.01. The zero-order valence-electron chi connectivity index (χ0n) is 12.2. The summed E-state index contributed by atoms with van der Waals surface area (Å²) >= 11 is 0. The highest BCUT2D eigenvalue weighted by molar-refractivity contribution is 5.96. The van der Waals surface area contributed by atoms with Gasteiger partial charge in [-0.25, -0.2) is 0 Å². The lowest BCUT2D eigenvalue weighted by Gasteiger charge is -2.25. The largest absolute Gasteiger partial charge is 0.325 e. The Balaban J connectivity index is 3.15. The topological polar surface area (TPSA) is 44.1 Å². The number of nitrogens with zero attached hydrogens (tertiary/aromatic N) is 2. The highest BCUT2D eigenvalue weighted by Gasteiger charge is 2.23. The summed E-state index contributed by atoms with van der Waals surface area (Å²) in [5.41, 5.74) is 1.65. The third-order valence-electron chi connectivity index (χ3n) is 3.01. The number of nitriles is 1. The Morgan fingerprint density at radius 2 is 1.95 bits per heavy atom. The molecule has 1 aromatic carbocycles. The van der Waals surface area contributed by atoms with Crippen LogP contribution in [0.25, 0.3) is 0 Å². The number of hydrogen-bond acceptors (Lipinski definition) is 2. The van der Waals surface area contributed by atoms with E-state index >= 15 is 0 Å². The van der Waals surface area contributed by atoms with Gasteiger partial charge in [0.1, 0.15) is 6.54 Å². The van der Waals surface area contributed by atoms with Crippen LogP contribution < -0.4 is 0 Å². The van der Waals surface area contributed by atoms with Gasteiger partial charge < -0.3 is 4.90 Å². The average molecular weight is 258 g/mol. The molecule has 0 saturated heterocycles. The van der Waals surface area contributed by atoms with Gasteiger partial charge in [0, 0.05) is 12.1 Å². The van der Waals surface area contributed by atoms with E-state index in [4.69, 9.17) is 5.26 Å². The molecule has 0 aliphatic carbocycles. The quantitative estimate of drug-likeness (QED) is 0.777. The molecule has 0 unspecified atom stereocenters. The van der Waals surface area contributed by atoms with Crippen molar-refractivity contribution in [1.29, 1.82) is 5.26 Å². The van der Waals surface area contributed by atoms with Crippen molar-refractivity contribution < 1.29 is 4.79 Å². The molecule has 19 heavy (non-hydrogen) atoms. The lowest BCUT2D eigenvalue weighted by molar-refractivity contribution is 0.0773. The maximum absolute atomic E-state index is 12.6. The summed E-state index contributed by atoms with van der Waals surface area (Å²) in [6.45, 7) is 9.04. The van der Waals surface area contributed by atoms with Gasteiger partial charge in [-0.2, -0.15) is 5.26 Å². The number of carbonyl (C=O) groups is 1. The summed E-state index contributed by atoms with van der Waals surface area (Å²) in [4.78, 5) is 14.2. The van der Waals surface area contributed by atoms with E-state index in [1.807, 2.05) is 31.2 Å². The number of amides is 1. The first-order valence-corrected chi connectivity index (χ1v) is 6.67. The normalized spacial score (nSPS) is 10.9. The van der Waals surface area contributed by atoms with E-state index in [1.165, 1.54) is 0 Å². The lowest BCUT2D eigenvalue weighted by Crippen LogP contribution is -2.33. The molecule has 0 spiro atoms. The predicted molar refractivity (Wildman–Crippen MR) is 76.9 cm³/mol. The van der Waals surface area contributed by atoms with Crippen molar-refractivity contribution in [3.63, 3.8) is 0 Å². The Morgan fingerprint density at radius 1 is 1.32 bits per heavy atom. The molecule has 0 atom stereocenters. The van der Waals surface area contributed by atoms with Crippen LogP contribution in [0.3, 0.4) is 0 Å². The van der Waals surface area contributed by atoms with Gasteiger partial charge >= 0.3 is 0 Å². The molecule has 0 bridgehead atoms. The molecule has 0 aliphatic heterocycles. The van der Waals surface area contributed by atoms with E-state index < -0.39 is 0 Å². The van der Waals surface area contributed by atoms with Gasteiger partial charge in [-0.05, 0) is 23.5 Å². The highest BCUT2D eigenvalue weighted by atomic mass is 16.2. The summed E-state index contributed by atoms with van der Waals surface area (Å²) in [7, 11) is 0. The van der Waals surface area contributed by atoms with Gasteiger partial charge in [-0.1, -0.05) is 45.9 Å².